The Balaban J connectivity index is 2.12. The lowest BCUT2D eigenvalue weighted by molar-refractivity contribution is -0.0615. The predicted molar refractivity (Wildman–Crippen MR) is 83.2 cm³/mol. The number of carbonyl (C=O) groups excluding carboxylic acids is 1. The molecule has 0 spiro atoms. The van der Waals surface area contributed by atoms with E-state index in [0.29, 0.717) is 12.2 Å². The van der Waals surface area contributed by atoms with Crippen molar-refractivity contribution in [2.24, 2.45) is 0 Å². The molecule has 1 aliphatic rings. The SMILES string of the molecule is CNS(=O)(=O)c1cccc(C(=O)NC2CCOC(C)(C)C2)c1. The molecule has 6 nitrogen and oxygen atoms in total. The van der Waals surface area contributed by atoms with Crippen LogP contribution in [0.5, 0.6) is 0 Å². The van der Waals surface area contributed by atoms with E-state index in [4.69, 9.17) is 4.74 Å². The van der Waals surface area contributed by atoms with Crippen LogP contribution in [0, 0.1) is 0 Å². The van der Waals surface area contributed by atoms with Crippen LogP contribution in [0.25, 0.3) is 0 Å². The molecular formula is C15H22N2O4S. The fraction of sp³-hybridized carbons (Fsp3) is 0.533. The molecule has 122 valence electrons. The molecule has 2 N–H and O–H groups in total. The summed E-state index contributed by atoms with van der Waals surface area (Å²) in [5.41, 5.74) is 0.0775. The lowest BCUT2D eigenvalue weighted by Crippen LogP contribution is -2.45. The first kappa shape index (κ1) is 16.9. The number of sulfonamides is 1. The van der Waals surface area contributed by atoms with Crippen molar-refractivity contribution in [3.63, 3.8) is 0 Å². The van der Waals surface area contributed by atoms with Crippen LogP contribution >= 0.6 is 0 Å². The zero-order valence-electron chi connectivity index (χ0n) is 13.0. The van der Waals surface area contributed by atoms with Crippen molar-refractivity contribution in [2.45, 2.75) is 43.2 Å². The summed E-state index contributed by atoms with van der Waals surface area (Å²) in [6.07, 6.45) is 1.48. The van der Waals surface area contributed by atoms with Crippen molar-refractivity contribution in [1.82, 2.24) is 10.0 Å². The van der Waals surface area contributed by atoms with Gasteiger partial charge in [0.15, 0.2) is 0 Å². The molecule has 1 aromatic rings. The highest BCUT2D eigenvalue weighted by atomic mass is 32.2. The smallest absolute Gasteiger partial charge is 0.251 e. The summed E-state index contributed by atoms with van der Waals surface area (Å²) in [5.74, 6) is -0.268. The number of amides is 1. The molecule has 1 aliphatic heterocycles. The van der Waals surface area contributed by atoms with Crippen molar-refractivity contribution in [2.75, 3.05) is 13.7 Å². The molecule has 1 unspecified atom stereocenters. The summed E-state index contributed by atoms with van der Waals surface area (Å²) in [7, 11) is -2.22. The van der Waals surface area contributed by atoms with Crippen molar-refractivity contribution in [3.8, 4) is 0 Å². The van der Waals surface area contributed by atoms with E-state index in [2.05, 4.69) is 10.0 Å². The standard InChI is InChI=1S/C15H22N2O4S/c1-15(2)10-12(7-8-21-15)17-14(18)11-5-4-6-13(9-11)22(19,20)16-3/h4-6,9,12,16H,7-8,10H2,1-3H3,(H,17,18). The summed E-state index contributed by atoms with van der Waals surface area (Å²) in [5, 5.41) is 2.95. The summed E-state index contributed by atoms with van der Waals surface area (Å²) in [4.78, 5) is 12.4. The van der Waals surface area contributed by atoms with Gasteiger partial charge in [-0.05, 0) is 51.9 Å². The maximum Gasteiger partial charge on any atom is 0.251 e. The zero-order chi connectivity index (χ0) is 16.4. The Morgan fingerprint density at radius 3 is 2.73 bits per heavy atom. The van der Waals surface area contributed by atoms with Gasteiger partial charge in [0.1, 0.15) is 0 Å². The van der Waals surface area contributed by atoms with Crippen LogP contribution < -0.4 is 10.0 Å². The third-order valence-corrected chi connectivity index (χ3v) is 5.12. The monoisotopic (exact) mass is 326 g/mol. The molecule has 7 heteroatoms. The van der Waals surface area contributed by atoms with Crippen LogP contribution in [0.2, 0.25) is 0 Å². The van der Waals surface area contributed by atoms with Gasteiger partial charge < -0.3 is 10.1 Å². The number of ether oxygens (including phenoxy) is 1. The molecule has 1 heterocycles. The topological polar surface area (TPSA) is 84.5 Å². The van der Waals surface area contributed by atoms with Crippen LogP contribution in [0.1, 0.15) is 37.0 Å². The number of carbonyl (C=O) groups is 1. The average molecular weight is 326 g/mol. The molecule has 1 atom stereocenters. The van der Waals surface area contributed by atoms with E-state index in [1.807, 2.05) is 13.8 Å². The molecule has 0 aromatic heterocycles. The Bertz CT molecular complexity index is 655. The van der Waals surface area contributed by atoms with Crippen molar-refractivity contribution in [3.05, 3.63) is 29.8 Å². The summed E-state index contributed by atoms with van der Waals surface area (Å²) in [6, 6.07) is 6.04. The van der Waals surface area contributed by atoms with Gasteiger partial charge in [0.05, 0.1) is 10.5 Å². The fourth-order valence-corrected chi connectivity index (χ4v) is 3.32. The highest BCUT2D eigenvalue weighted by Gasteiger charge is 2.29. The van der Waals surface area contributed by atoms with E-state index in [9.17, 15) is 13.2 Å². The van der Waals surface area contributed by atoms with E-state index < -0.39 is 10.0 Å². The van der Waals surface area contributed by atoms with Gasteiger partial charge in [-0.25, -0.2) is 13.1 Å². The molecule has 1 fully saturated rings. The largest absolute Gasteiger partial charge is 0.375 e. The van der Waals surface area contributed by atoms with Crippen molar-refractivity contribution < 1.29 is 17.9 Å². The van der Waals surface area contributed by atoms with Crippen molar-refractivity contribution >= 4 is 15.9 Å². The lowest BCUT2D eigenvalue weighted by atomic mass is 9.94. The molecular weight excluding hydrogens is 304 g/mol. The van der Waals surface area contributed by atoms with Crippen LogP contribution in [0.15, 0.2) is 29.2 Å². The Morgan fingerprint density at radius 2 is 2.09 bits per heavy atom. The van der Waals surface area contributed by atoms with Gasteiger partial charge in [0.25, 0.3) is 5.91 Å². The van der Waals surface area contributed by atoms with Crippen LogP contribution in [0.4, 0.5) is 0 Å². The van der Waals surface area contributed by atoms with Gasteiger partial charge in [-0.2, -0.15) is 0 Å². The first-order valence-corrected chi connectivity index (χ1v) is 8.70. The van der Waals surface area contributed by atoms with E-state index >= 15 is 0 Å². The highest BCUT2D eigenvalue weighted by Crippen LogP contribution is 2.24. The Hall–Kier alpha value is -1.44. The van der Waals surface area contributed by atoms with E-state index in [-0.39, 0.29) is 22.4 Å². The quantitative estimate of drug-likeness (QED) is 0.873. The summed E-state index contributed by atoms with van der Waals surface area (Å²) >= 11 is 0. The lowest BCUT2D eigenvalue weighted by Gasteiger charge is -2.35. The third kappa shape index (κ3) is 4.06. The molecule has 1 aromatic carbocycles. The Kier molecular flexibility index (Phi) is 4.89. The molecule has 0 radical (unpaired) electrons. The van der Waals surface area contributed by atoms with E-state index in [1.54, 1.807) is 12.1 Å². The third-order valence-electron chi connectivity index (χ3n) is 3.71. The van der Waals surface area contributed by atoms with E-state index in [1.165, 1.54) is 19.2 Å². The molecule has 0 aliphatic carbocycles. The maximum absolute atomic E-state index is 12.3. The predicted octanol–water partition coefficient (Wildman–Crippen LogP) is 1.28. The second-order valence-corrected chi connectivity index (χ2v) is 7.89. The molecule has 0 bridgehead atoms. The van der Waals surface area contributed by atoms with Gasteiger partial charge in [0.2, 0.25) is 10.0 Å². The summed E-state index contributed by atoms with van der Waals surface area (Å²) in [6.45, 7) is 4.59. The molecule has 1 saturated heterocycles. The number of benzene rings is 1. The minimum absolute atomic E-state index is 0.0285. The van der Waals surface area contributed by atoms with Crippen LogP contribution in [-0.2, 0) is 14.8 Å². The number of hydrogen-bond acceptors (Lipinski definition) is 4. The van der Waals surface area contributed by atoms with Gasteiger partial charge in [0, 0.05) is 18.2 Å². The van der Waals surface area contributed by atoms with Crippen molar-refractivity contribution in [1.29, 1.82) is 0 Å². The minimum Gasteiger partial charge on any atom is -0.375 e. The van der Waals surface area contributed by atoms with Gasteiger partial charge in [-0.15, -0.1) is 0 Å². The fourth-order valence-electron chi connectivity index (χ4n) is 2.55. The average Bonchev–Trinajstić information content (AvgIpc) is 2.46. The molecule has 2 rings (SSSR count). The van der Waals surface area contributed by atoms with Crippen LogP contribution in [-0.4, -0.2) is 39.6 Å². The van der Waals surface area contributed by atoms with E-state index in [0.717, 1.165) is 12.8 Å². The number of rotatable bonds is 4. The van der Waals surface area contributed by atoms with Gasteiger partial charge in [-0.3, -0.25) is 4.79 Å². The first-order valence-electron chi connectivity index (χ1n) is 7.22. The number of nitrogens with one attached hydrogen (secondary N) is 2. The first-order chi connectivity index (χ1) is 10.2. The van der Waals surface area contributed by atoms with Gasteiger partial charge >= 0.3 is 0 Å². The second kappa shape index (κ2) is 6.36. The Morgan fingerprint density at radius 1 is 1.36 bits per heavy atom. The number of hydrogen-bond donors (Lipinski definition) is 2. The van der Waals surface area contributed by atoms with Crippen LogP contribution in [0.3, 0.4) is 0 Å². The maximum atomic E-state index is 12.3. The molecule has 0 saturated carbocycles. The summed E-state index contributed by atoms with van der Waals surface area (Å²) < 4.78 is 31.4. The second-order valence-electron chi connectivity index (χ2n) is 6.01. The molecule has 22 heavy (non-hydrogen) atoms. The zero-order valence-corrected chi connectivity index (χ0v) is 13.9. The Labute approximate surface area is 131 Å². The minimum atomic E-state index is -3.56. The van der Waals surface area contributed by atoms with Gasteiger partial charge in [-0.1, -0.05) is 6.07 Å². The normalized spacial score (nSPS) is 21.3. The highest BCUT2D eigenvalue weighted by molar-refractivity contribution is 7.89. The molecule has 1 amide bonds.